The smallest absolute Gasteiger partial charge is 0.0587 e. The fourth-order valence-electron chi connectivity index (χ4n) is 3.87. The van der Waals surface area contributed by atoms with Gasteiger partial charge in [0.25, 0.3) is 0 Å². The van der Waals surface area contributed by atoms with Crippen molar-refractivity contribution in [2.75, 3.05) is 6.61 Å². The molecule has 4 unspecified atom stereocenters. The molecule has 4 atom stereocenters. The van der Waals surface area contributed by atoms with Crippen molar-refractivity contribution in [3.8, 4) is 0 Å². The molecule has 2 saturated carbocycles. The van der Waals surface area contributed by atoms with E-state index in [1.165, 1.54) is 31.2 Å². The van der Waals surface area contributed by atoms with Gasteiger partial charge in [-0.1, -0.05) is 36.8 Å². The van der Waals surface area contributed by atoms with Crippen molar-refractivity contribution < 1.29 is 4.74 Å². The van der Waals surface area contributed by atoms with Crippen LogP contribution in [-0.2, 0) is 11.2 Å². The Morgan fingerprint density at radius 1 is 1.17 bits per heavy atom. The van der Waals surface area contributed by atoms with Gasteiger partial charge in [0.2, 0.25) is 0 Å². The molecule has 98 valence electrons. The van der Waals surface area contributed by atoms with E-state index in [0.29, 0.717) is 6.10 Å². The zero-order valence-corrected chi connectivity index (χ0v) is 11.3. The van der Waals surface area contributed by atoms with Crippen LogP contribution in [0.25, 0.3) is 0 Å². The van der Waals surface area contributed by atoms with E-state index >= 15 is 0 Å². The van der Waals surface area contributed by atoms with E-state index in [4.69, 9.17) is 4.74 Å². The molecule has 2 bridgehead atoms. The normalized spacial score (nSPS) is 31.7. The van der Waals surface area contributed by atoms with Crippen LogP contribution < -0.4 is 0 Å². The van der Waals surface area contributed by atoms with Gasteiger partial charge in [0.1, 0.15) is 0 Å². The van der Waals surface area contributed by atoms with Gasteiger partial charge >= 0.3 is 0 Å². The molecule has 0 aliphatic heterocycles. The molecule has 2 aliphatic carbocycles. The molecular weight excluding hydrogens is 220 g/mol. The minimum Gasteiger partial charge on any atom is -0.378 e. The van der Waals surface area contributed by atoms with Crippen molar-refractivity contribution >= 4 is 0 Å². The summed E-state index contributed by atoms with van der Waals surface area (Å²) in [5, 5.41) is 0. The first-order valence-corrected chi connectivity index (χ1v) is 7.47. The Hall–Kier alpha value is -0.820. The zero-order valence-electron chi connectivity index (χ0n) is 11.3. The predicted octanol–water partition coefficient (Wildman–Crippen LogP) is 4.07. The molecule has 1 heteroatoms. The van der Waals surface area contributed by atoms with Gasteiger partial charge in [-0.25, -0.2) is 0 Å². The third-order valence-electron chi connectivity index (χ3n) is 4.85. The summed E-state index contributed by atoms with van der Waals surface area (Å²) in [5.74, 6) is 2.88. The Bertz CT molecular complexity index is 372. The fraction of sp³-hybridized carbons (Fsp3) is 0.647. The molecule has 0 aromatic heterocycles. The average molecular weight is 244 g/mol. The van der Waals surface area contributed by atoms with Gasteiger partial charge < -0.3 is 4.74 Å². The quantitative estimate of drug-likeness (QED) is 0.758. The summed E-state index contributed by atoms with van der Waals surface area (Å²) in [7, 11) is 0. The molecule has 3 rings (SSSR count). The minimum atomic E-state index is 0.353. The highest BCUT2D eigenvalue weighted by molar-refractivity contribution is 5.15. The first-order valence-electron chi connectivity index (χ1n) is 7.47. The van der Waals surface area contributed by atoms with Gasteiger partial charge in [-0.3, -0.25) is 0 Å². The first kappa shape index (κ1) is 12.2. The maximum absolute atomic E-state index is 6.08. The third kappa shape index (κ3) is 2.77. The lowest BCUT2D eigenvalue weighted by molar-refractivity contribution is 0.0267. The van der Waals surface area contributed by atoms with Crippen LogP contribution in [-0.4, -0.2) is 12.7 Å². The van der Waals surface area contributed by atoms with Crippen molar-refractivity contribution in [3.05, 3.63) is 35.9 Å². The van der Waals surface area contributed by atoms with E-state index < -0.39 is 0 Å². The maximum Gasteiger partial charge on any atom is 0.0587 e. The maximum atomic E-state index is 6.08. The summed E-state index contributed by atoms with van der Waals surface area (Å²) >= 11 is 0. The largest absolute Gasteiger partial charge is 0.378 e. The molecule has 1 nitrogen and oxygen atoms in total. The van der Waals surface area contributed by atoms with Crippen LogP contribution in [0.15, 0.2) is 30.3 Å². The topological polar surface area (TPSA) is 9.23 Å². The molecule has 1 aromatic carbocycles. The number of hydrogen-bond acceptors (Lipinski definition) is 1. The lowest BCUT2D eigenvalue weighted by Crippen LogP contribution is -2.21. The summed E-state index contributed by atoms with van der Waals surface area (Å²) < 4.78 is 6.08. The lowest BCUT2D eigenvalue weighted by atomic mass is 9.89. The highest BCUT2D eigenvalue weighted by Gasteiger charge is 2.39. The molecule has 0 saturated heterocycles. The SMILES string of the molecule is CC(Cc1ccccc1)OCC1CC2CCC1C2. The molecule has 18 heavy (non-hydrogen) atoms. The highest BCUT2D eigenvalue weighted by atomic mass is 16.5. The van der Waals surface area contributed by atoms with Crippen LogP contribution in [0.1, 0.15) is 38.2 Å². The Labute approximate surface area is 111 Å². The summed E-state index contributed by atoms with van der Waals surface area (Å²) in [6.07, 6.45) is 7.27. The summed E-state index contributed by atoms with van der Waals surface area (Å²) in [6, 6.07) is 10.7. The first-order chi connectivity index (χ1) is 8.81. The molecule has 2 aliphatic rings. The third-order valence-corrected chi connectivity index (χ3v) is 4.85. The molecule has 0 radical (unpaired) electrons. The van der Waals surface area contributed by atoms with Crippen molar-refractivity contribution in [2.45, 2.75) is 45.1 Å². The number of ether oxygens (including phenoxy) is 1. The summed E-state index contributed by atoms with van der Waals surface area (Å²) in [5.41, 5.74) is 1.39. The molecular formula is C17H24O. The average Bonchev–Trinajstić information content (AvgIpc) is 3.00. The van der Waals surface area contributed by atoms with Crippen molar-refractivity contribution in [1.82, 2.24) is 0 Å². The second kappa shape index (κ2) is 5.44. The van der Waals surface area contributed by atoms with Crippen molar-refractivity contribution in [1.29, 1.82) is 0 Å². The zero-order chi connectivity index (χ0) is 12.4. The van der Waals surface area contributed by atoms with Crippen LogP contribution in [0.3, 0.4) is 0 Å². The number of rotatable bonds is 5. The van der Waals surface area contributed by atoms with Gasteiger partial charge in [0.15, 0.2) is 0 Å². The van der Waals surface area contributed by atoms with Gasteiger partial charge in [-0.2, -0.15) is 0 Å². The molecule has 0 N–H and O–H groups in total. The monoisotopic (exact) mass is 244 g/mol. The second-order valence-corrected chi connectivity index (χ2v) is 6.27. The van der Waals surface area contributed by atoms with E-state index in [-0.39, 0.29) is 0 Å². The molecule has 2 fully saturated rings. The lowest BCUT2D eigenvalue weighted by Gasteiger charge is -2.23. The van der Waals surface area contributed by atoms with Crippen LogP contribution in [0.4, 0.5) is 0 Å². The van der Waals surface area contributed by atoms with Crippen LogP contribution in [0.5, 0.6) is 0 Å². The minimum absolute atomic E-state index is 0.353. The Morgan fingerprint density at radius 3 is 2.67 bits per heavy atom. The van der Waals surface area contributed by atoms with Crippen LogP contribution >= 0.6 is 0 Å². The second-order valence-electron chi connectivity index (χ2n) is 6.27. The molecule has 0 heterocycles. The molecule has 0 amide bonds. The summed E-state index contributed by atoms with van der Waals surface area (Å²) in [4.78, 5) is 0. The standard InChI is InChI=1S/C17H24O/c1-13(9-14-5-3-2-4-6-14)18-12-17-11-15-7-8-16(17)10-15/h2-6,13,15-17H,7-12H2,1H3. The van der Waals surface area contributed by atoms with Crippen molar-refractivity contribution in [3.63, 3.8) is 0 Å². The predicted molar refractivity (Wildman–Crippen MR) is 74.5 cm³/mol. The Morgan fingerprint density at radius 2 is 2.00 bits per heavy atom. The number of hydrogen-bond donors (Lipinski definition) is 0. The Balaban J connectivity index is 1.43. The van der Waals surface area contributed by atoms with Gasteiger partial charge in [0.05, 0.1) is 12.7 Å². The van der Waals surface area contributed by atoms with E-state index in [9.17, 15) is 0 Å². The molecule has 0 spiro atoms. The Kier molecular flexibility index (Phi) is 3.69. The van der Waals surface area contributed by atoms with Gasteiger partial charge in [-0.05, 0) is 55.9 Å². The van der Waals surface area contributed by atoms with Gasteiger partial charge in [-0.15, -0.1) is 0 Å². The van der Waals surface area contributed by atoms with Crippen LogP contribution in [0, 0.1) is 17.8 Å². The van der Waals surface area contributed by atoms with E-state index in [0.717, 1.165) is 30.8 Å². The van der Waals surface area contributed by atoms with Gasteiger partial charge in [0, 0.05) is 0 Å². The van der Waals surface area contributed by atoms with E-state index in [1.54, 1.807) is 0 Å². The highest BCUT2D eigenvalue weighted by Crippen LogP contribution is 2.48. The fourth-order valence-corrected chi connectivity index (χ4v) is 3.87. The number of benzene rings is 1. The van der Waals surface area contributed by atoms with Crippen LogP contribution in [0.2, 0.25) is 0 Å². The number of fused-ring (bicyclic) bond motifs is 2. The molecule has 1 aromatic rings. The van der Waals surface area contributed by atoms with Crippen molar-refractivity contribution in [2.24, 2.45) is 17.8 Å². The van der Waals surface area contributed by atoms with E-state index in [2.05, 4.69) is 37.3 Å². The van der Waals surface area contributed by atoms with E-state index in [1.807, 2.05) is 0 Å². The summed E-state index contributed by atoms with van der Waals surface area (Å²) in [6.45, 7) is 3.20.